The van der Waals surface area contributed by atoms with Crippen molar-refractivity contribution in [3.8, 4) is 5.75 Å². The van der Waals surface area contributed by atoms with Crippen LogP contribution in [0.2, 0.25) is 0 Å². The lowest BCUT2D eigenvalue weighted by Gasteiger charge is -2.23. The van der Waals surface area contributed by atoms with E-state index in [0.29, 0.717) is 12.2 Å². The summed E-state index contributed by atoms with van der Waals surface area (Å²) < 4.78 is 6.72. The van der Waals surface area contributed by atoms with Crippen LogP contribution in [0.25, 0.3) is 0 Å². The number of amides is 1. The maximum atomic E-state index is 12.3. The number of carbonyl (C=O) groups is 1. The predicted molar refractivity (Wildman–Crippen MR) is 106 cm³/mol. The van der Waals surface area contributed by atoms with Crippen molar-refractivity contribution in [3.05, 3.63) is 64.1 Å². The maximum Gasteiger partial charge on any atom is 0.251 e. The molecule has 0 aromatic heterocycles. The first-order valence-electron chi connectivity index (χ1n) is 8.20. The van der Waals surface area contributed by atoms with Crippen molar-refractivity contribution in [2.24, 2.45) is 0 Å². The first-order chi connectivity index (χ1) is 11.7. The first kappa shape index (κ1) is 19.8. The number of halogens is 2. The minimum atomic E-state index is -0.0121. The molecule has 134 valence electrons. The molecule has 0 bridgehead atoms. The van der Waals surface area contributed by atoms with Gasteiger partial charge in [0.2, 0.25) is 0 Å². The third-order valence-corrected chi connectivity index (χ3v) is 4.73. The summed E-state index contributed by atoms with van der Waals surface area (Å²) in [5.74, 6) is 0.797. The number of nitrogens with one attached hydrogen (secondary N) is 2. The van der Waals surface area contributed by atoms with Crippen LogP contribution in [0.15, 0.2) is 53.0 Å². The van der Waals surface area contributed by atoms with Crippen LogP contribution in [0.3, 0.4) is 0 Å². The fourth-order valence-electron chi connectivity index (χ4n) is 2.72. The highest BCUT2D eigenvalue weighted by molar-refractivity contribution is 9.10. The van der Waals surface area contributed by atoms with Gasteiger partial charge < -0.3 is 15.4 Å². The lowest BCUT2D eigenvalue weighted by atomic mass is 10.1. The second-order valence-electron chi connectivity index (χ2n) is 5.93. The number of hydrogen-bond acceptors (Lipinski definition) is 3. The Morgan fingerprint density at radius 1 is 1.20 bits per heavy atom. The zero-order valence-electron chi connectivity index (χ0n) is 13.8. The van der Waals surface area contributed by atoms with Crippen molar-refractivity contribution >= 4 is 34.2 Å². The number of carbonyl (C=O) groups excluding carboxylic acids is 1. The minimum Gasteiger partial charge on any atom is -0.488 e. The highest BCUT2D eigenvalue weighted by Gasteiger charge is 2.16. The molecule has 2 aromatic rings. The Balaban J connectivity index is 0.00000225. The summed E-state index contributed by atoms with van der Waals surface area (Å²) in [7, 11) is 0. The largest absolute Gasteiger partial charge is 0.488 e. The molecule has 4 nitrogen and oxygen atoms in total. The van der Waals surface area contributed by atoms with Gasteiger partial charge in [0.25, 0.3) is 5.91 Å². The van der Waals surface area contributed by atoms with Gasteiger partial charge in [0.15, 0.2) is 0 Å². The molecule has 25 heavy (non-hydrogen) atoms. The van der Waals surface area contributed by atoms with E-state index in [1.54, 1.807) is 0 Å². The standard InChI is InChI=1S/C19H21BrN2O2.ClH/c20-17-5-1-2-6-18(17)24-13-14-7-9-15(10-8-14)19(23)22-16-4-3-11-21-12-16;/h1-2,5-10,16,21H,3-4,11-13H2,(H,22,23);1H/t16-;/m0./s1. The summed E-state index contributed by atoms with van der Waals surface area (Å²) in [6, 6.07) is 15.6. The Bertz CT molecular complexity index is 688. The Morgan fingerprint density at radius 3 is 2.64 bits per heavy atom. The predicted octanol–water partition coefficient (Wildman–Crippen LogP) is 3.93. The van der Waals surface area contributed by atoms with Crippen LogP contribution in [-0.4, -0.2) is 25.0 Å². The number of ether oxygens (including phenoxy) is 1. The number of benzene rings is 2. The van der Waals surface area contributed by atoms with Crippen LogP contribution >= 0.6 is 28.3 Å². The van der Waals surface area contributed by atoms with Crippen LogP contribution in [0.4, 0.5) is 0 Å². The van der Waals surface area contributed by atoms with E-state index in [1.165, 1.54) is 0 Å². The number of para-hydroxylation sites is 1. The van der Waals surface area contributed by atoms with Crippen LogP contribution in [0.1, 0.15) is 28.8 Å². The molecular weight excluding hydrogens is 404 g/mol. The van der Waals surface area contributed by atoms with Gasteiger partial charge in [-0.2, -0.15) is 0 Å². The highest BCUT2D eigenvalue weighted by atomic mass is 79.9. The van der Waals surface area contributed by atoms with E-state index in [2.05, 4.69) is 26.6 Å². The van der Waals surface area contributed by atoms with E-state index in [4.69, 9.17) is 4.74 Å². The quantitative estimate of drug-likeness (QED) is 0.763. The van der Waals surface area contributed by atoms with Gasteiger partial charge in [-0.15, -0.1) is 12.4 Å². The molecule has 1 aliphatic rings. The molecule has 0 unspecified atom stereocenters. The summed E-state index contributed by atoms with van der Waals surface area (Å²) in [6.07, 6.45) is 2.15. The molecular formula is C19H22BrClN2O2. The van der Waals surface area contributed by atoms with Gasteiger partial charge >= 0.3 is 0 Å². The normalized spacial score (nSPS) is 16.6. The molecule has 0 radical (unpaired) electrons. The van der Waals surface area contributed by atoms with Gasteiger partial charge in [0.05, 0.1) is 4.47 Å². The molecule has 0 spiro atoms. The SMILES string of the molecule is Cl.O=C(N[C@H]1CCCNC1)c1ccc(COc2ccccc2Br)cc1. The summed E-state index contributed by atoms with van der Waals surface area (Å²) in [4.78, 5) is 12.3. The molecule has 3 rings (SSSR count). The van der Waals surface area contributed by atoms with Gasteiger partial charge in [-0.1, -0.05) is 24.3 Å². The van der Waals surface area contributed by atoms with Crippen molar-refractivity contribution in [1.29, 1.82) is 0 Å². The van der Waals surface area contributed by atoms with Gasteiger partial charge in [-0.25, -0.2) is 0 Å². The van der Waals surface area contributed by atoms with E-state index in [0.717, 1.165) is 41.7 Å². The van der Waals surface area contributed by atoms with E-state index >= 15 is 0 Å². The Kier molecular flexibility index (Phi) is 7.75. The van der Waals surface area contributed by atoms with E-state index in [-0.39, 0.29) is 24.4 Å². The van der Waals surface area contributed by atoms with Crippen molar-refractivity contribution in [1.82, 2.24) is 10.6 Å². The smallest absolute Gasteiger partial charge is 0.251 e. The minimum absolute atomic E-state index is 0. The number of hydrogen-bond donors (Lipinski definition) is 2. The number of piperidine rings is 1. The Morgan fingerprint density at radius 2 is 1.96 bits per heavy atom. The van der Waals surface area contributed by atoms with E-state index < -0.39 is 0 Å². The van der Waals surface area contributed by atoms with Gasteiger partial charge in [0, 0.05) is 18.2 Å². The first-order valence-corrected chi connectivity index (χ1v) is 8.99. The lowest BCUT2D eigenvalue weighted by molar-refractivity contribution is 0.0930. The summed E-state index contributed by atoms with van der Waals surface area (Å²) in [5.41, 5.74) is 1.71. The molecule has 0 saturated carbocycles. The lowest BCUT2D eigenvalue weighted by Crippen LogP contribution is -2.45. The average Bonchev–Trinajstić information content (AvgIpc) is 2.62. The Hall–Kier alpha value is -1.56. The second-order valence-corrected chi connectivity index (χ2v) is 6.79. The van der Waals surface area contributed by atoms with Crippen LogP contribution in [0.5, 0.6) is 5.75 Å². The number of rotatable bonds is 5. The molecule has 1 amide bonds. The molecule has 2 aromatic carbocycles. The molecule has 1 atom stereocenters. The molecule has 1 saturated heterocycles. The average molecular weight is 426 g/mol. The maximum absolute atomic E-state index is 12.3. The van der Waals surface area contributed by atoms with E-state index in [9.17, 15) is 4.79 Å². The third kappa shape index (κ3) is 5.73. The molecule has 1 heterocycles. The third-order valence-electron chi connectivity index (χ3n) is 4.08. The molecule has 6 heteroatoms. The van der Waals surface area contributed by atoms with Gasteiger partial charge in [0.1, 0.15) is 12.4 Å². The van der Waals surface area contributed by atoms with E-state index in [1.807, 2.05) is 48.5 Å². The highest BCUT2D eigenvalue weighted by Crippen LogP contribution is 2.24. The van der Waals surface area contributed by atoms with Crippen molar-refractivity contribution in [2.75, 3.05) is 13.1 Å². The monoisotopic (exact) mass is 424 g/mol. The molecule has 2 N–H and O–H groups in total. The van der Waals surface area contributed by atoms with Gasteiger partial charge in [-0.05, 0) is 65.1 Å². The second kappa shape index (κ2) is 9.80. The Labute approximate surface area is 162 Å². The fourth-order valence-corrected chi connectivity index (χ4v) is 3.12. The van der Waals surface area contributed by atoms with Crippen LogP contribution in [0, 0.1) is 0 Å². The van der Waals surface area contributed by atoms with Crippen LogP contribution in [-0.2, 0) is 6.61 Å². The zero-order chi connectivity index (χ0) is 16.8. The summed E-state index contributed by atoms with van der Waals surface area (Å²) in [6.45, 7) is 2.36. The van der Waals surface area contributed by atoms with Crippen molar-refractivity contribution < 1.29 is 9.53 Å². The molecule has 1 fully saturated rings. The van der Waals surface area contributed by atoms with Crippen molar-refractivity contribution in [3.63, 3.8) is 0 Å². The molecule has 1 aliphatic heterocycles. The van der Waals surface area contributed by atoms with Crippen molar-refractivity contribution in [2.45, 2.75) is 25.5 Å². The topological polar surface area (TPSA) is 50.4 Å². The molecule has 0 aliphatic carbocycles. The zero-order valence-corrected chi connectivity index (χ0v) is 16.2. The van der Waals surface area contributed by atoms with Crippen LogP contribution < -0.4 is 15.4 Å². The van der Waals surface area contributed by atoms with Gasteiger partial charge in [-0.3, -0.25) is 4.79 Å². The fraction of sp³-hybridized carbons (Fsp3) is 0.316. The summed E-state index contributed by atoms with van der Waals surface area (Å²) in [5, 5.41) is 6.38. The summed E-state index contributed by atoms with van der Waals surface area (Å²) >= 11 is 3.46.